The van der Waals surface area contributed by atoms with Crippen molar-refractivity contribution < 1.29 is 0 Å². The molecule has 0 bridgehead atoms. The van der Waals surface area contributed by atoms with E-state index in [9.17, 15) is 0 Å². The van der Waals surface area contributed by atoms with E-state index in [2.05, 4.69) is 44.5 Å². The molecular formula is C14H25NS. The molecule has 92 valence electrons. The van der Waals surface area contributed by atoms with E-state index in [1.807, 2.05) is 11.3 Å². The lowest BCUT2D eigenvalue weighted by atomic mass is 10.0. The second kappa shape index (κ2) is 7.08. The molecule has 1 atom stereocenters. The van der Waals surface area contributed by atoms with Gasteiger partial charge in [-0.25, -0.2) is 0 Å². The van der Waals surface area contributed by atoms with Crippen LogP contribution in [0.5, 0.6) is 0 Å². The maximum Gasteiger partial charge on any atom is 0.0304 e. The molecule has 16 heavy (non-hydrogen) atoms. The van der Waals surface area contributed by atoms with E-state index < -0.39 is 0 Å². The maximum atomic E-state index is 3.61. The quantitative estimate of drug-likeness (QED) is 0.745. The fourth-order valence-corrected chi connectivity index (χ4v) is 2.64. The van der Waals surface area contributed by atoms with E-state index in [1.54, 1.807) is 0 Å². The van der Waals surface area contributed by atoms with Gasteiger partial charge in [0.05, 0.1) is 0 Å². The lowest BCUT2D eigenvalue weighted by Gasteiger charge is -2.14. The van der Waals surface area contributed by atoms with Gasteiger partial charge in [0.2, 0.25) is 0 Å². The molecule has 0 aliphatic heterocycles. The molecule has 0 aromatic carbocycles. The Morgan fingerprint density at radius 3 is 2.56 bits per heavy atom. The third-order valence-electron chi connectivity index (χ3n) is 3.00. The normalized spacial score (nSPS) is 13.3. The van der Waals surface area contributed by atoms with Gasteiger partial charge in [0, 0.05) is 17.5 Å². The van der Waals surface area contributed by atoms with Gasteiger partial charge in [-0.2, -0.15) is 0 Å². The molecule has 1 aromatic heterocycles. The number of nitrogens with one attached hydrogen (secondary N) is 1. The Bertz CT molecular complexity index is 291. The van der Waals surface area contributed by atoms with Crippen molar-refractivity contribution in [3.05, 3.63) is 21.9 Å². The molecular weight excluding hydrogens is 214 g/mol. The Labute approximate surface area is 104 Å². The Hall–Kier alpha value is -0.340. The van der Waals surface area contributed by atoms with E-state index in [4.69, 9.17) is 0 Å². The summed E-state index contributed by atoms with van der Waals surface area (Å²) in [5, 5.41) is 5.79. The first kappa shape index (κ1) is 13.7. The smallest absolute Gasteiger partial charge is 0.0304 e. The Morgan fingerprint density at radius 2 is 2.00 bits per heavy atom. The number of hydrogen-bond donors (Lipinski definition) is 1. The van der Waals surface area contributed by atoms with Crippen molar-refractivity contribution >= 4 is 11.3 Å². The van der Waals surface area contributed by atoms with Crippen molar-refractivity contribution in [2.45, 2.75) is 59.5 Å². The summed E-state index contributed by atoms with van der Waals surface area (Å²) in [7, 11) is 0. The molecule has 0 aliphatic carbocycles. The summed E-state index contributed by atoms with van der Waals surface area (Å²) in [6, 6.07) is 2.84. The van der Waals surface area contributed by atoms with Crippen LogP contribution in [0.3, 0.4) is 0 Å². The first-order valence-corrected chi connectivity index (χ1v) is 7.24. The van der Waals surface area contributed by atoms with Crippen molar-refractivity contribution in [2.75, 3.05) is 0 Å². The Balaban J connectivity index is 2.15. The maximum absolute atomic E-state index is 3.61. The third kappa shape index (κ3) is 5.13. The van der Waals surface area contributed by atoms with Crippen LogP contribution >= 0.6 is 11.3 Å². The molecule has 0 radical (unpaired) electrons. The molecule has 0 fully saturated rings. The van der Waals surface area contributed by atoms with Crippen LogP contribution in [0.1, 0.15) is 50.5 Å². The van der Waals surface area contributed by atoms with Gasteiger partial charge in [-0.05, 0) is 43.2 Å². The van der Waals surface area contributed by atoms with E-state index in [1.165, 1.54) is 29.7 Å². The van der Waals surface area contributed by atoms with Crippen molar-refractivity contribution in [1.29, 1.82) is 0 Å². The van der Waals surface area contributed by atoms with Crippen LogP contribution in [0.25, 0.3) is 0 Å². The zero-order valence-corrected chi connectivity index (χ0v) is 11.9. The van der Waals surface area contributed by atoms with Crippen LogP contribution < -0.4 is 5.32 Å². The SMILES string of the molecule is Cc1ccsc1CNC(C)CCCC(C)C. The topological polar surface area (TPSA) is 12.0 Å². The van der Waals surface area contributed by atoms with Crippen LogP contribution in [-0.4, -0.2) is 6.04 Å². The zero-order chi connectivity index (χ0) is 12.0. The molecule has 0 saturated carbocycles. The average molecular weight is 239 g/mol. The van der Waals surface area contributed by atoms with E-state index in [0.717, 1.165) is 12.5 Å². The molecule has 0 amide bonds. The van der Waals surface area contributed by atoms with Crippen molar-refractivity contribution in [1.82, 2.24) is 5.32 Å². The minimum Gasteiger partial charge on any atom is -0.309 e. The minimum absolute atomic E-state index is 0.639. The molecule has 2 heteroatoms. The van der Waals surface area contributed by atoms with E-state index in [0.29, 0.717) is 6.04 Å². The highest BCUT2D eigenvalue weighted by Crippen LogP contribution is 2.15. The lowest BCUT2D eigenvalue weighted by Crippen LogP contribution is -2.25. The Morgan fingerprint density at radius 1 is 1.25 bits per heavy atom. The second-order valence-electron chi connectivity index (χ2n) is 5.13. The fourth-order valence-electron chi connectivity index (χ4n) is 1.79. The highest BCUT2D eigenvalue weighted by Gasteiger charge is 2.04. The van der Waals surface area contributed by atoms with Crippen LogP contribution in [-0.2, 0) is 6.54 Å². The molecule has 1 aromatic rings. The summed E-state index contributed by atoms with van der Waals surface area (Å²) >= 11 is 1.86. The summed E-state index contributed by atoms with van der Waals surface area (Å²) in [5.74, 6) is 0.840. The molecule has 0 aliphatic rings. The van der Waals surface area contributed by atoms with Crippen LogP contribution in [0.2, 0.25) is 0 Å². The van der Waals surface area contributed by atoms with Crippen molar-refractivity contribution in [3.63, 3.8) is 0 Å². The largest absolute Gasteiger partial charge is 0.309 e. The minimum atomic E-state index is 0.639. The number of hydrogen-bond acceptors (Lipinski definition) is 2. The number of rotatable bonds is 7. The summed E-state index contributed by atoms with van der Waals surface area (Å²) in [6.45, 7) is 10.1. The number of thiophene rings is 1. The summed E-state index contributed by atoms with van der Waals surface area (Å²) in [5.41, 5.74) is 1.42. The predicted molar refractivity (Wildman–Crippen MR) is 74.0 cm³/mol. The van der Waals surface area contributed by atoms with Gasteiger partial charge in [0.15, 0.2) is 0 Å². The first-order valence-electron chi connectivity index (χ1n) is 6.36. The van der Waals surface area contributed by atoms with Gasteiger partial charge >= 0.3 is 0 Å². The van der Waals surface area contributed by atoms with Gasteiger partial charge < -0.3 is 5.32 Å². The molecule has 0 spiro atoms. The van der Waals surface area contributed by atoms with Crippen molar-refractivity contribution in [2.24, 2.45) is 5.92 Å². The monoisotopic (exact) mass is 239 g/mol. The highest BCUT2D eigenvalue weighted by atomic mass is 32.1. The molecule has 1 unspecified atom stereocenters. The number of aryl methyl sites for hydroxylation is 1. The predicted octanol–water partition coefficient (Wildman–Crippen LogP) is 4.36. The van der Waals surface area contributed by atoms with Gasteiger partial charge in [0.25, 0.3) is 0 Å². The summed E-state index contributed by atoms with van der Waals surface area (Å²) in [4.78, 5) is 1.48. The standard InChI is InChI=1S/C14H25NS/c1-11(2)6-5-7-13(4)15-10-14-12(3)8-9-16-14/h8-9,11,13,15H,5-7,10H2,1-4H3. The zero-order valence-electron chi connectivity index (χ0n) is 11.0. The summed E-state index contributed by atoms with van der Waals surface area (Å²) in [6.07, 6.45) is 3.99. The fraction of sp³-hybridized carbons (Fsp3) is 0.714. The van der Waals surface area contributed by atoms with Gasteiger partial charge in [-0.15, -0.1) is 11.3 Å². The van der Waals surface area contributed by atoms with Gasteiger partial charge in [0.1, 0.15) is 0 Å². The third-order valence-corrected chi connectivity index (χ3v) is 4.02. The second-order valence-corrected chi connectivity index (χ2v) is 6.13. The first-order chi connectivity index (χ1) is 7.59. The molecule has 1 rings (SSSR count). The van der Waals surface area contributed by atoms with E-state index in [-0.39, 0.29) is 0 Å². The molecule has 0 saturated heterocycles. The Kier molecular flexibility index (Phi) is 6.07. The molecule has 1 N–H and O–H groups in total. The van der Waals surface area contributed by atoms with E-state index >= 15 is 0 Å². The lowest BCUT2D eigenvalue weighted by molar-refractivity contribution is 0.458. The van der Waals surface area contributed by atoms with Gasteiger partial charge in [-0.1, -0.05) is 26.7 Å². The molecule has 1 heterocycles. The summed E-state index contributed by atoms with van der Waals surface area (Å²) < 4.78 is 0. The van der Waals surface area contributed by atoms with Crippen molar-refractivity contribution in [3.8, 4) is 0 Å². The van der Waals surface area contributed by atoms with Crippen LogP contribution in [0.15, 0.2) is 11.4 Å². The average Bonchev–Trinajstić information content (AvgIpc) is 2.60. The van der Waals surface area contributed by atoms with Crippen LogP contribution in [0, 0.1) is 12.8 Å². The molecule has 1 nitrogen and oxygen atoms in total. The highest BCUT2D eigenvalue weighted by molar-refractivity contribution is 7.10. The van der Waals surface area contributed by atoms with Gasteiger partial charge in [-0.3, -0.25) is 0 Å². The van der Waals surface area contributed by atoms with Crippen LogP contribution in [0.4, 0.5) is 0 Å².